The number of rotatable bonds is 4. The second-order valence-electron chi connectivity index (χ2n) is 8.87. The predicted octanol–water partition coefficient (Wildman–Crippen LogP) is 4.87. The standard InChI is InChI=1S/C23H27N3O2S2/c1-15-6-3-4-8-17(15)24-22(28)23(2)14-25-18-9-11-30-20(18)12-19(25)21(27)26(23)13-16-7-5-10-29-16/h5,7,9-12,15,17H,3-4,6,8,13-14H2,1-2H3,(H,24,28)/t15-,17-,23+/m1/s1. The van der Waals surface area contributed by atoms with Crippen molar-refractivity contribution in [2.24, 2.45) is 5.92 Å². The van der Waals surface area contributed by atoms with Crippen LogP contribution in [-0.2, 0) is 17.9 Å². The lowest BCUT2D eigenvalue weighted by molar-refractivity contribution is -0.134. The molecule has 4 heterocycles. The molecule has 3 aromatic rings. The van der Waals surface area contributed by atoms with Crippen molar-refractivity contribution in [1.82, 2.24) is 14.8 Å². The first kappa shape index (κ1) is 19.8. The fraction of sp³-hybridized carbons (Fsp3) is 0.478. The molecule has 0 radical (unpaired) electrons. The van der Waals surface area contributed by atoms with Crippen molar-refractivity contribution in [2.75, 3.05) is 0 Å². The summed E-state index contributed by atoms with van der Waals surface area (Å²) in [6.07, 6.45) is 4.56. The monoisotopic (exact) mass is 441 g/mol. The zero-order valence-electron chi connectivity index (χ0n) is 17.4. The molecule has 1 N–H and O–H groups in total. The Hall–Kier alpha value is -2.12. The van der Waals surface area contributed by atoms with Gasteiger partial charge in [0, 0.05) is 10.9 Å². The SMILES string of the molecule is C[C@@H]1CCCC[C@H]1NC(=O)[C@]1(C)Cn2c(cc3sccc32)C(=O)N1Cc1cccs1. The van der Waals surface area contributed by atoms with Crippen molar-refractivity contribution in [3.05, 3.63) is 45.6 Å². The number of carbonyl (C=O) groups is 2. The van der Waals surface area contributed by atoms with Crippen LogP contribution >= 0.6 is 22.7 Å². The number of thiophene rings is 2. The van der Waals surface area contributed by atoms with Crippen molar-refractivity contribution in [3.8, 4) is 0 Å². The third-order valence-corrected chi connectivity index (χ3v) is 8.57. The number of fused-ring (bicyclic) bond motifs is 3. The van der Waals surface area contributed by atoms with Gasteiger partial charge in [-0.1, -0.05) is 25.8 Å². The number of hydrogen-bond acceptors (Lipinski definition) is 4. The van der Waals surface area contributed by atoms with Gasteiger partial charge >= 0.3 is 0 Å². The summed E-state index contributed by atoms with van der Waals surface area (Å²) in [5.41, 5.74) is 0.799. The number of carbonyl (C=O) groups excluding carboxylic acids is 2. The fourth-order valence-electron chi connectivity index (χ4n) is 4.93. The van der Waals surface area contributed by atoms with Gasteiger partial charge in [0.05, 0.1) is 23.3 Å². The van der Waals surface area contributed by atoms with Crippen molar-refractivity contribution in [1.29, 1.82) is 0 Å². The molecule has 158 valence electrons. The van der Waals surface area contributed by atoms with Gasteiger partial charge in [0.1, 0.15) is 11.2 Å². The molecule has 1 aliphatic carbocycles. The minimum atomic E-state index is -0.931. The maximum Gasteiger partial charge on any atom is 0.271 e. The number of aromatic nitrogens is 1. The molecule has 0 bridgehead atoms. The Morgan fingerprint density at radius 1 is 1.23 bits per heavy atom. The molecule has 1 saturated carbocycles. The highest BCUT2D eigenvalue weighted by molar-refractivity contribution is 7.17. The summed E-state index contributed by atoms with van der Waals surface area (Å²) >= 11 is 3.26. The maximum atomic E-state index is 13.7. The molecule has 0 unspecified atom stereocenters. The van der Waals surface area contributed by atoms with Crippen LogP contribution in [-0.4, -0.2) is 32.9 Å². The number of amides is 2. The Bertz CT molecular complexity index is 1080. The van der Waals surface area contributed by atoms with E-state index in [9.17, 15) is 9.59 Å². The van der Waals surface area contributed by atoms with Gasteiger partial charge in [0.15, 0.2) is 0 Å². The van der Waals surface area contributed by atoms with E-state index < -0.39 is 5.54 Å². The van der Waals surface area contributed by atoms with E-state index in [2.05, 4.69) is 12.2 Å². The lowest BCUT2D eigenvalue weighted by atomic mass is 9.85. The molecule has 1 fully saturated rings. The van der Waals surface area contributed by atoms with E-state index in [1.165, 1.54) is 6.42 Å². The summed E-state index contributed by atoms with van der Waals surface area (Å²) in [5, 5.41) is 7.39. The van der Waals surface area contributed by atoms with Crippen LogP contribution in [0.1, 0.15) is 54.9 Å². The first-order valence-electron chi connectivity index (χ1n) is 10.7. The van der Waals surface area contributed by atoms with Gasteiger partial charge in [-0.15, -0.1) is 22.7 Å². The minimum Gasteiger partial charge on any atom is -0.351 e. The smallest absolute Gasteiger partial charge is 0.271 e. The van der Waals surface area contributed by atoms with Gasteiger partial charge in [-0.05, 0) is 54.6 Å². The van der Waals surface area contributed by atoms with Gasteiger partial charge in [0.25, 0.3) is 5.91 Å². The van der Waals surface area contributed by atoms with E-state index in [1.807, 2.05) is 46.5 Å². The van der Waals surface area contributed by atoms with Crippen LogP contribution in [0, 0.1) is 5.92 Å². The van der Waals surface area contributed by atoms with Crippen molar-refractivity contribution < 1.29 is 9.59 Å². The molecule has 0 saturated heterocycles. The third-order valence-electron chi connectivity index (χ3n) is 6.86. The lowest BCUT2D eigenvalue weighted by Crippen LogP contribution is -2.65. The first-order chi connectivity index (χ1) is 14.5. The quantitative estimate of drug-likeness (QED) is 0.628. The van der Waals surface area contributed by atoms with Gasteiger partial charge < -0.3 is 14.8 Å². The Labute approximate surface area is 184 Å². The molecule has 5 nitrogen and oxygen atoms in total. The highest BCUT2D eigenvalue weighted by Crippen LogP contribution is 2.36. The molecule has 1 aliphatic heterocycles. The molecule has 30 heavy (non-hydrogen) atoms. The average molecular weight is 442 g/mol. The van der Waals surface area contributed by atoms with Crippen LogP contribution in [0.25, 0.3) is 10.2 Å². The molecule has 3 aromatic heterocycles. The molecular formula is C23H27N3O2S2. The van der Waals surface area contributed by atoms with E-state index in [0.29, 0.717) is 24.7 Å². The van der Waals surface area contributed by atoms with Crippen LogP contribution in [0.5, 0.6) is 0 Å². The van der Waals surface area contributed by atoms with Crippen molar-refractivity contribution in [2.45, 2.75) is 64.2 Å². The van der Waals surface area contributed by atoms with Gasteiger partial charge in [0.2, 0.25) is 5.91 Å². The van der Waals surface area contributed by atoms with Crippen LogP contribution in [0.4, 0.5) is 0 Å². The zero-order chi connectivity index (χ0) is 20.9. The summed E-state index contributed by atoms with van der Waals surface area (Å²) in [7, 11) is 0. The van der Waals surface area contributed by atoms with Crippen LogP contribution in [0.3, 0.4) is 0 Å². The summed E-state index contributed by atoms with van der Waals surface area (Å²) < 4.78 is 3.14. The summed E-state index contributed by atoms with van der Waals surface area (Å²) in [6, 6.07) is 8.24. The Morgan fingerprint density at radius 2 is 2.07 bits per heavy atom. The van der Waals surface area contributed by atoms with Crippen molar-refractivity contribution >= 4 is 44.7 Å². The van der Waals surface area contributed by atoms with E-state index in [-0.39, 0.29) is 17.9 Å². The van der Waals surface area contributed by atoms with Crippen LogP contribution in [0.15, 0.2) is 35.0 Å². The number of nitrogens with one attached hydrogen (secondary N) is 1. The highest BCUT2D eigenvalue weighted by Gasteiger charge is 2.48. The van der Waals surface area contributed by atoms with Gasteiger partial charge in [-0.25, -0.2) is 0 Å². The normalized spacial score (nSPS) is 26.7. The molecule has 7 heteroatoms. The second-order valence-corrected chi connectivity index (χ2v) is 10.9. The molecule has 0 aromatic carbocycles. The van der Waals surface area contributed by atoms with Crippen LogP contribution in [0.2, 0.25) is 0 Å². The lowest BCUT2D eigenvalue weighted by Gasteiger charge is -2.45. The topological polar surface area (TPSA) is 54.3 Å². The highest BCUT2D eigenvalue weighted by atomic mass is 32.1. The summed E-state index contributed by atoms with van der Waals surface area (Å²) in [4.78, 5) is 30.2. The third kappa shape index (κ3) is 3.19. The van der Waals surface area contributed by atoms with E-state index in [4.69, 9.17) is 0 Å². The van der Waals surface area contributed by atoms with Gasteiger partial charge in [-0.3, -0.25) is 9.59 Å². The molecule has 2 aliphatic rings. The molecule has 3 atom stereocenters. The fourth-order valence-corrected chi connectivity index (χ4v) is 6.45. The molecule has 5 rings (SSSR count). The van der Waals surface area contributed by atoms with E-state index >= 15 is 0 Å². The summed E-state index contributed by atoms with van der Waals surface area (Å²) in [6.45, 7) is 5.09. The minimum absolute atomic E-state index is 0.0334. The molecular weight excluding hydrogens is 414 g/mol. The number of nitrogens with zero attached hydrogens (tertiary/aromatic N) is 2. The first-order valence-corrected chi connectivity index (χ1v) is 12.5. The Morgan fingerprint density at radius 3 is 2.83 bits per heavy atom. The Balaban J connectivity index is 1.53. The number of hydrogen-bond donors (Lipinski definition) is 1. The van der Waals surface area contributed by atoms with E-state index in [0.717, 1.165) is 34.4 Å². The van der Waals surface area contributed by atoms with Crippen molar-refractivity contribution in [3.63, 3.8) is 0 Å². The Kier molecular flexibility index (Phi) is 4.98. The molecule has 2 amide bonds. The largest absolute Gasteiger partial charge is 0.351 e. The van der Waals surface area contributed by atoms with Gasteiger partial charge in [-0.2, -0.15) is 0 Å². The van der Waals surface area contributed by atoms with Crippen LogP contribution < -0.4 is 5.32 Å². The average Bonchev–Trinajstić information content (AvgIpc) is 3.45. The zero-order valence-corrected chi connectivity index (χ0v) is 19.0. The summed E-state index contributed by atoms with van der Waals surface area (Å²) in [5.74, 6) is 0.378. The predicted molar refractivity (Wildman–Crippen MR) is 122 cm³/mol. The van der Waals surface area contributed by atoms with E-state index in [1.54, 1.807) is 27.6 Å². The molecule has 0 spiro atoms. The maximum absolute atomic E-state index is 13.7. The second kappa shape index (κ2) is 7.54.